The first-order valence-corrected chi connectivity index (χ1v) is 6.51. The van der Waals surface area contributed by atoms with Gasteiger partial charge in [0.2, 0.25) is 0 Å². The molecule has 0 aliphatic heterocycles. The van der Waals surface area contributed by atoms with E-state index in [1.807, 2.05) is 0 Å². The fourth-order valence-electron chi connectivity index (χ4n) is 1.54. The molecule has 1 aromatic rings. The predicted molar refractivity (Wildman–Crippen MR) is 78.9 cm³/mol. The highest BCUT2D eigenvalue weighted by atomic mass is 35.5. The molecule has 20 heavy (non-hydrogen) atoms. The summed E-state index contributed by atoms with van der Waals surface area (Å²) in [5.41, 5.74) is 5.23. The molecule has 0 aliphatic rings. The van der Waals surface area contributed by atoms with Crippen LogP contribution in [0.3, 0.4) is 0 Å². The molecule has 0 atom stereocenters. The second kappa shape index (κ2) is 6.09. The highest BCUT2D eigenvalue weighted by Gasteiger charge is 2.19. The van der Waals surface area contributed by atoms with Crippen LogP contribution in [0.1, 0.15) is 37.6 Å². The molecule has 110 valence electrons. The van der Waals surface area contributed by atoms with Crippen LogP contribution in [0.15, 0.2) is 12.1 Å². The number of nitrogens with one attached hydrogen (secondary N) is 1. The second-order valence-corrected chi connectivity index (χ2v) is 6.12. The summed E-state index contributed by atoms with van der Waals surface area (Å²) >= 11 is 5.80. The summed E-state index contributed by atoms with van der Waals surface area (Å²) in [5, 5.41) is 13.5. The lowest BCUT2D eigenvalue weighted by Gasteiger charge is -2.18. The molecule has 6 nitrogen and oxygen atoms in total. The van der Waals surface area contributed by atoms with Gasteiger partial charge in [0.15, 0.2) is 0 Å². The molecule has 0 fully saturated rings. The summed E-state index contributed by atoms with van der Waals surface area (Å²) in [4.78, 5) is 22.1. The quantitative estimate of drug-likeness (QED) is 0.507. The number of rotatable bonds is 4. The van der Waals surface area contributed by atoms with E-state index in [0.29, 0.717) is 6.54 Å². The van der Waals surface area contributed by atoms with Crippen LogP contribution in [0.25, 0.3) is 0 Å². The Morgan fingerprint density at radius 1 is 1.45 bits per heavy atom. The minimum Gasteiger partial charge on any atom is -0.392 e. The number of benzene rings is 1. The Bertz CT molecular complexity index is 538. The maximum Gasteiger partial charge on any atom is 0.294 e. The van der Waals surface area contributed by atoms with Gasteiger partial charge in [-0.3, -0.25) is 14.9 Å². The van der Waals surface area contributed by atoms with Crippen molar-refractivity contribution in [3.63, 3.8) is 0 Å². The largest absolute Gasteiger partial charge is 0.392 e. The number of nitrogens with two attached hydrogens (primary N) is 1. The van der Waals surface area contributed by atoms with Gasteiger partial charge in [0, 0.05) is 18.2 Å². The average Bonchev–Trinajstić information content (AvgIpc) is 2.30. The zero-order chi connectivity index (χ0) is 15.5. The zero-order valence-electron chi connectivity index (χ0n) is 11.7. The average molecular weight is 300 g/mol. The molecular weight excluding hydrogens is 282 g/mol. The van der Waals surface area contributed by atoms with Crippen LogP contribution < -0.4 is 11.1 Å². The third kappa shape index (κ3) is 4.38. The summed E-state index contributed by atoms with van der Waals surface area (Å²) in [7, 11) is 0. The number of carbonyl (C=O) groups excluding carboxylic acids is 1. The molecule has 1 aromatic carbocycles. The SMILES string of the molecule is CC(C)(C)CCNC(=O)c1cc(Cl)c(N)c([N+](=O)[O-])c1. The Balaban J connectivity index is 2.86. The van der Waals surface area contributed by atoms with Gasteiger partial charge in [-0.25, -0.2) is 0 Å². The first kappa shape index (κ1) is 16.2. The van der Waals surface area contributed by atoms with Crippen LogP contribution in [0, 0.1) is 15.5 Å². The number of nitrogen functional groups attached to an aromatic ring is 1. The van der Waals surface area contributed by atoms with Crippen LogP contribution in [0.2, 0.25) is 5.02 Å². The Morgan fingerprint density at radius 3 is 2.55 bits per heavy atom. The van der Waals surface area contributed by atoms with Crippen LogP contribution in [0.4, 0.5) is 11.4 Å². The number of nitrogens with zero attached hydrogens (tertiary/aromatic N) is 1. The highest BCUT2D eigenvalue weighted by Crippen LogP contribution is 2.30. The van der Waals surface area contributed by atoms with E-state index in [-0.39, 0.29) is 27.4 Å². The maximum atomic E-state index is 11.9. The number of nitro benzene ring substituents is 1. The van der Waals surface area contributed by atoms with Crippen molar-refractivity contribution >= 4 is 28.9 Å². The Hall–Kier alpha value is -1.82. The third-order valence-corrected chi connectivity index (χ3v) is 3.04. The van der Waals surface area contributed by atoms with Gasteiger partial charge in [0.1, 0.15) is 5.69 Å². The van der Waals surface area contributed by atoms with Crippen LogP contribution in [-0.4, -0.2) is 17.4 Å². The van der Waals surface area contributed by atoms with Gasteiger partial charge in [0.05, 0.1) is 9.95 Å². The van der Waals surface area contributed by atoms with Gasteiger partial charge < -0.3 is 11.1 Å². The number of halogens is 1. The molecule has 0 saturated carbocycles. The van der Waals surface area contributed by atoms with Gasteiger partial charge in [-0.1, -0.05) is 32.4 Å². The van der Waals surface area contributed by atoms with E-state index in [1.54, 1.807) is 0 Å². The van der Waals surface area contributed by atoms with Crippen molar-refractivity contribution in [2.24, 2.45) is 5.41 Å². The number of anilines is 1. The molecule has 0 heterocycles. The molecule has 0 radical (unpaired) electrons. The van der Waals surface area contributed by atoms with Crippen LogP contribution >= 0.6 is 11.6 Å². The number of hydrogen-bond donors (Lipinski definition) is 2. The van der Waals surface area contributed by atoms with E-state index < -0.39 is 10.8 Å². The fraction of sp³-hybridized carbons (Fsp3) is 0.462. The van der Waals surface area contributed by atoms with Gasteiger partial charge >= 0.3 is 0 Å². The normalized spacial score (nSPS) is 11.2. The third-order valence-electron chi connectivity index (χ3n) is 2.73. The summed E-state index contributed by atoms with van der Waals surface area (Å²) in [6, 6.07) is 2.46. The van der Waals surface area contributed by atoms with E-state index in [1.165, 1.54) is 6.07 Å². The first-order chi connectivity index (χ1) is 9.11. The maximum absolute atomic E-state index is 11.9. The number of nitro groups is 1. The van der Waals surface area contributed by atoms with Crippen molar-refractivity contribution < 1.29 is 9.72 Å². The summed E-state index contributed by atoms with van der Waals surface area (Å²) in [5.74, 6) is -0.403. The molecule has 0 spiro atoms. The summed E-state index contributed by atoms with van der Waals surface area (Å²) < 4.78 is 0. The predicted octanol–water partition coefficient (Wildman–Crippen LogP) is 3.00. The topological polar surface area (TPSA) is 98.3 Å². The summed E-state index contributed by atoms with van der Waals surface area (Å²) in [6.07, 6.45) is 0.795. The molecule has 3 N–H and O–H groups in total. The minimum absolute atomic E-state index is 0.000159. The Labute approximate surface area is 122 Å². The Morgan fingerprint density at radius 2 is 2.05 bits per heavy atom. The standard InChI is InChI=1S/C13H18ClN3O3/c1-13(2,3)4-5-16-12(18)8-6-9(14)11(15)10(7-8)17(19)20/h6-7H,4-5,15H2,1-3H3,(H,16,18). The highest BCUT2D eigenvalue weighted by molar-refractivity contribution is 6.34. The van der Waals surface area contributed by atoms with E-state index in [9.17, 15) is 14.9 Å². The molecule has 7 heteroatoms. The number of amides is 1. The van der Waals surface area contributed by atoms with Crippen molar-refractivity contribution in [2.45, 2.75) is 27.2 Å². The van der Waals surface area contributed by atoms with E-state index in [2.05, 4.69) is 26.1 Å². The molecule has 1 amide bonds. The van der Waals surface area contributed by atoms with Gasteiger partial charge in [0.25, 0.3) is 11.6 Å². The monoisotopic (exact) mass is 299 g/mol. The molecule has 0 aromatic heterocycles. The molecular formula is C13H18ClN3O3. The number of carbonyl (C=O) groups is 1. The van der Waals surface area contributed by atoms with E-state index >= 15 is 0 Å². The Kier molecular flexibility index (Phi) is 4.94. The van der Waals surface area contributed by atoms with E-state index in [0.717, 1.165) is 12.5 Å². The van der Waals surface area contributed by atoms with Crippen molar-refractivity contribution in [1.82, 2.24) is 5.32 Å². The summed E-state index contributed by atoms with van der Waals surface area (Å²) in [6.45, 7) is 6.66. The molecule has 0 unspecified atom stereocenters. The fourth-order valence-corrected chi connectivity index (χ4v) is 1.75. The zero-order valence-corrected chi connectivity index (χ0v) is 12.5. The number of hydrogen-bond acceptors (Lipinski definition) is 4. The second-order valence-electron chi connectivity index (χ2n) is 5.71. The first-order valence-electron chi connectivity index (χ1n) is 6.13. The van der Waals surface area contributed by atoms with Gasteiger partial charge in [-0.15, -0.1) is 0 Å². The molecule has 0 saturated heterocycles. The van der Waals surface area contributed by atoms with Crippen molar-refractivity contribution in [2.75, 3.05) is 12.3 Å². The van der Waals surface area contributed by atoms with Crippen LogP contribution in [-0.2, 0) is 0 Å². The van der Waals surface area contributed by atoms with Crippen molar-refractivity contribution in [1.29, 1.82) is 0 Å². The molecule has 1 rings (SSSR count). The minimum atomic E-state index is -0.660. The van der Waals surface area contributed by atoms with Crippen molar-refractivity contribution in [3.05, 3.63) is 32.8 Å². The van der Waals surface area contributed by atoms with Gasteiger partial charge in [-0.05, 0) is 17.9 Å². The van der Waals surface area contributed by atoms with Crippen LogP contribution in [0.5, 0.6) is 0 Å². The molecule has 0 aliphatic carbocycles. The van der Waals surface area contributed by atoms with Crippen molar-refractivity contribution in [3.8, 4) is 0 Å². The smallest absolute Gasteiger partial charge is 0.294 e. The van der Waals surface area contributed by atoms with Gasteiger partial charge in [-0.2, -0.15) is 0 Å². The van der Waals surface area contributed by atoms with E-state index in [4.69, 9.17) is 17.3 Å². The lowest BCUT2D eigenvalue weighted by molar-refractivity contribution is -0.383. The lowest BCUT2D eigenvalue weighted by Crippen LogP contribution is -2.27. The molecule has 0 bridgehead atoms. The lowest BCUT2D eigenvalue weighted by atomic mass is 9.92.